The van der Waals surface area contributed by atoms with Gasteiger partial charge in [-0.25, -0.2) is 0 Å². The van der Waals surface area contributed by atoms with Crippen molar-refractivity contribution in [2.24, 2.45) is 0 Å². The zero-order chi connectivity index (χ0) is 21.8. The predicted molar refractivity (Wildman–Crippen MR) is 122 cm³/mol. The fourth-order valence-corrected chi connectivity index (χ4v) is 4.49. The molecule has 31 heavy (non-hydrogen) atoms. The number of nitrogens with one attached hydrogen (secondary N) is 1. The van der Waals surface area contributed by atoms with Crippen LogP contribution in [0.3, 0.4) is 0 Å². The van der Waals surface area contributed by atoms with Gasteiger partial charge in [-0.05, 0) is 61.5 Å². The van der Waals surface area contributed by atoms with Crippen LogP contribution in [0.2, 0.25) is 0 Å². The van der Waals surface area contributed by atoms with E-state index < -0.39 is 6.04 Å². The van der Waals surface area contributed by atoms with Gasteiger partial charge >= 0.3 is 0 Å². The lowest BCUT2D eigenvalue weighted by atomic mass is 10.0. The molecule has 1 atom stereocenters. The number of rotatable bonds is 6. The molecule has 2 aromatic carbocycles. The Kier molecular flexibility index (Phi) is 6.42. The Labute approximate surface area is 186 Å². The van der Waals surface area contributed by atoms with Gasteiger partial charge in [-0.3, -0.25) is 14.5 Å². The molecule has 0 aliphatic heterocycles. The summed E-state index contributed by atoms with van der Waals surface area (Å²) in [6, 6.07) is 14.8. The van der Waals surface area contributed by atoms with E-state index in [2.05, 4.69) is 14.9 Å². The van der Waals surface area contributed by atoms with Crippen molar-refractivity contribution in [3.05, 3.63) is 76.3 Å². The molecule has 0 saturated heterocycles. The molecule has 1 fully saturated rings. The number of amides is 2. The third kappa shape index (κ3) is 4.82. The zero-order valence-electron chi connectivity index (χ0n) is 17.7. The van der Waals surface area contributed by atoms with E-state index in [1.807, 2.05) is 62.4 Å². The van der Waals surface area contributed by atoms with Crippen molar-refractivity contribution in [3.8, 4) is 0 Å². The third-order valence-electron chi connectivity index (χ3n) is 5.68. The van der Waals surface area contributed by atoms with Gasteiger partial charge in [0.05, 0.1) is 0 Å². The minimum absolute atomic E-state index is 0.149. The molecule has 0 spiro atoms. The Morgan fingerprint density at radius 2 is 1.81 bits per heavy atom. The maximum absolute atomic E-state index is 13.6. The van der Waals surface area contributed by atoms with E-state index in [0.717, 1.165) is 53.9 Å². The first-order valence-corrected chi connectivity index (χ1v) is 11.4. The Hall–Kier alpha value is -3.06. The fourth-order valence-electron chi connectivity index (χ4n) is 4.06. The smallest absolute Gasteiger partial charge is 0.280 e. The van der Waals surface area contributed by atoms with E-state index in [4.69, 9.17) is 0 Å². The van der Waals surface area contributed by atoms with Crippen LogP contribution in [0, 0.1) is 13.8 Å². The molecule has 160 valence electrons. The summed E-state index contributed by atoms with van der Waals surface area (Å²) in [6.45, 7) is 3.97. The number of nitrogens with zero attached hydrogens (tertiary/aromatic N) is 3. The number of aryl methyl sites for hydroxylation is 2. The van der Waals surface area contributed by atoms with Crippen LogP contribution in [0.1, 0.15) is 58.9 Å². The van der Waals surface area contributed by atoms with Crippen LogP contribution in [-0.2, 0) is 4.79 Å². The Morgan fingerprint density at radius 1 is 1.06 bits per heavy atom. The van der Waals surface area contributed by atoms with Crippen molar-refractivity contribution >= 4 is 29.0 Å². The molecular formula is C24H26N4O2S. The van der Waals surface area contributed by atoms with E-state index in [1.165, 1.54) is 0 Å². The van der Waals surface area contributed by atoms with Gasteiger partial charge in [0.15, 0.2) is 5.69 Å². The molecule has 0 radical (unpaired) electrons. The van der Waals surface area contributed by atoms with E-state index in [1.54, 1.807) is 10.3 Å². The standard InChI is InChI=1S/C24H26N4O2S/c1-16-10-12-18(13-11-16)22(23(29)25-19-7-3-4-8-19)28(20-9-5-6-17(2)14-20)24(30)21-15-31-27-26-21/h5-6,9-15,19,22H,3-4,7-8H2,1-2H3,(H,25,29). The highest BCUT2D eigenvalue weighted by Gasteiger charge is 2.35. The quantitative estimate of drug-likeness (QED) is 0.615. The molecule has 6 nitrogen and oxygen atoms in total. The van der Waals surface area contributed by atoms with Crippen LogP contribution in [0.4, 0.5) is 5.69 Å². The molecule has 1 unspecified atom stereocenters. The van der Waals surface area contributed by atoms with E-state index in [-0.39, 0.29) is 23.6 Å². The van der Waals surface area contributed by atoms with Gasteiger partial charge < -0.3 is 5.32 Å². The molecule has 4 rings (SSSR count). The number of aromatic nitrogens is 2. The van der Waals surface area contributed by atoms with Gasteiger partial charge in [-0.2, -0.15) is 0 Å². The lowest BCUT2D eigenvalue weighted by Crippen LogP contribution is -2.46. The van der Waals surface area contributed by atoms with E-state index in [0.29, 0.717) is 5.69 Å². The lowest BCUT2D eigenvalue weighted by Gasteiger charge is -2.32. The molecule has 7 heteroatoms. The highest BCUT2D eigenvalue weighted by Crippen LogP contribution is 2.31. The number of hydrogen-bond acceptors (Lipinski definition) is 5. The van der Waals surface area contributed by atoms with Crippen LogP contribution < -0.4 is 10.2 Å². The summed E-state index contributed by atoms with van der Waals surface area (Å²) in [6.07, 6.45) is 4.18. The summed E-state index contributed by atoms with van der Waals surface area (Å²) in [5.74, 6) is -0.514. The molecule has 0 bridgehead atoms. The van der Waals surface area contributed by atoms with Crippen molar-refractivity contribution < 1.29 is 9.59 Å². The summed E-state index contributed by atoms with van der Waals surface area (Å²) in [4.78, 5) is 28.8. The van der Waals surface area contributed by atoms with Gasteiger partial charge in [0, 0.05) is 17.1 Å². The Bertz CT molecular complexity index is 1040. The number of carbonyl (C=O) groups excluding carboxylic acids is 2. The maximum atomic E-state index is 13.6. The van der Waals surface area contributed by atoms with E-state index >= 15 is 0 Å². The highest BCUT2D eigenvalue weighted by atomic mass is 32.1. The van der Waals surface area contributed by atoms with Crippen molar-refractivity contribution in [2.45, 2.75) is 51.6 Å². The second-order valence-electron chi connectivity index (χ2n) is 8.11. The zero-order valence-corrected chi connectivity index (χ0v) is 18.6. The van der Waals surface area contributed by atoms with Crippen LogP contribution in [-0.4, -0.2) is 27.4 Å². The lowest BCUT2D eigenvalue weighted by molar-refractivity contribution is -0.123. The summed E-state index contributed by atoms with van der Waals surface area (Å²) in [5, 5.41) is 8.79. The van der Waals surface area contributed by atoms with Gasteiger partial charge in [0.1, 0.15) is 6.04 Å². The summed E-state index contributed by atoms with van der Waals surface area (Å²) >= 11 is 1.12. The fraction of sp³-hybridized carbons (Fsp3) is 0.333. The topological polar surface area (TPSA) is 75.2 Å². The van der Waals surface area contributed by atoms with E-state index in [9.17, 15) is 9.59 Å². The second kappa shape index (κ2) is 9.39. The SMILES string of the molecule is Cc1ccc(C(C(=O)NC2CCCC2)N(C(=O)c2csnn2)c2cccc(C)c2)cc1. The van der Waals surface area contributed by atoms with Crippen molar-refractivity contribution in [1.82, 2.24) is 14.9 Å². The van der Waals surface area contributed by atoms with Gasteiger partial charge in [-0.15, -0.1) is 5.10 Å². The highest BCUT2D eigenvalue weighted by molar-refractivity contribution is 7.03. The second-order valence-corrected chi connectivity index (χ2v) is 8.72. The number of anilines is 1. The van der Waals surface area contributed by atoms with Crippen LogP contribution in [0.25, 0.3) is 0 Å². The molecule has 1 saturated carbocycles. The molecule has 1 aliphatic carbocycles. The monoisotopic (exact) mass is 434 g/mol. The normalized spacial score (nSPS) is 14.9. The van der Waals surface area contributed by atoms with Crippen molar-refractivity contribution in [2.75, 3.05) is 4.90 Å². The average Bonchev–Trinajstić information content (AvgIpc) is 3.46. The molecule has 1 aromatic heterocycles. The third-order valence-corrected chi connectivity index (χ3v) is 6.18. The molecule has 2 amide bonds. The Morgan fingerprint density at radius 3 is 2.45 bits per heavy atom. The minimum Gasteiger partial charge on any atom is -0.351 e. The number of hydrogen-bond donors (Lipinski definition) is 1. The number of carbonyl (C=O) groups is 2. The number of benzene rings is 2. The first-order valence-electron chi connectivity index (χ1n) is 10.6. The van der Waals surface area contributed by atoms with Crippen LogP contribution >= 0.6 is 11.5 Å². The molecular weight excluding hydrogens is 408 g/mol. The van der Waals surface area contributed by atoms with Crippen LogP contribution in [0.5, 0.6) is 0 Å². The largest absolute Gasteiger partial charge is 0.351 e. The van der Waals surface area contributed by atoms with Crippen molar-refractivity contribution in [3.63, 3.8) is 0 Å². The summed E-state index contributed by atoms with van der Waals surface area (Å²) in [7, 11) is 0. The molecule has 1 N–H and O–H groups in total. The first kappa shape index (κ1) is 21.2. The minimum atomic E-state index is -0.808. The summed E-state index contributed by atoms with van der Waals surface area (Å²) in [5.41, 5.74) is 3.75. The summed E-state index contributed by atoms with van der Waals surface area (Å²) < 4.78 is 3.85. The average molecular weight is 435 g/mol. The predicted octanol–water partition coefficient (Wildman–Crippen LogP) is 4.60. The molecule has 3 aromatic rings. The molecule has 1 aliphatic rings. The first-order chi connectivity index (χ1) is 15.0. The van der Waals surface area contributed by atoms with Crippen molar-refractivity contribution in [1.29, 1.82) is 0 Å². The van der Waals surface area contributed by atoms with Crippen LogP contribution in [0.15, 0.2) is 53.9 Å². The maximum Gasteiger partial charge on any atom is 0.280 e. The van der Waals surface area contributed by atoms with Gasteiger partial charge in [0.2, 0.25) is 5.91 Å². The Balaban J connectivity index is 1.80. The van der Waals surface area contributed by atoms with Gasteiger partial charge in [0.25, 0.3) is 5.91 Å². The molecule has 1 heterocycles. The van der Waals surface area contributed by atoms with Gasteiger partial charge in [-0.1, -0.05) is 59.3 Å².